The first-order chi connectivity index (χ1) is 10.2. The third-order valence-electron chi connectivity index (χ3n) is 3.55. The lowest BCUT2D eigenvalue weighted by Crippen LogP contribution is -2.31. The minimum Gasteiger partial charge on any atom is -0.349 e. The van der Waals surface area contributed by atoms with Gasteiger partial charge in [-0.25, -0.2) is 4.39 Å². The summed E-state index contributed by atoms with van der Waals surface area (Å²) in [5, 5.41) is 3.03. The molecule has 4 heteroatoms. The highest BCUT2D eigenvalue weighted by Gasteiger charge is 2.22. The van der Waals surface area contributed by atoms with Crippen LogP contribution in [0.2, 0.25) is 0 Å². The van der Waals surface area contributed by atoms with Gasteiger partial charge in [-0.05, 0) is 35.7 Å². The average Bonchev–Trinajstić information content (AvgIpc) is 2.49. The molecule has 108 valence electrons. The van der Waals surface area contributed by atoms with E-state index in [1.807, 2.05) is 30.3 Å². The van der Waals surface area contributed by atoms with E-state index in [1.54, 1.807) is 17.8 Å². The van der Waals surface area contributed by atoms with Crippen molar-refractivity contribution >= 4 is 17.7 Å². The predicted octanol–water partition coefficient (Wildman–Crippen LogP) is 3.72. The first-order valence-electron chi connectivity index (χ1n) is 6.98. The fourth-order valence-electron chi connectivity index (χ4n) is 2.54. The van der Waals surface area contributed by atoms with Gasteiger partial charge in [-0.2, -0.15) is 0 Å². The Labute approximate surface area is 127 Å². The van der Waals surface area contributed by atoms with Crippen molar-refractivity contribution in [1.29, 1.82) is 0 Å². The van der Waals surface area contributed by atoms with Crippen LogP contribution in [0.3, 0.4) is 0 Å². The van der Waals surface area contributed by atoms with Crippen LogP contribution < -0.4 is 5.32 Å². The fraction of sp³-hybridized carbons (Fsp3) is 0.235. The Bertz CT molecular complexity index is 644. The zero-order chi connectivity index (χ0) is 14.7. The Balaban J connectivity index is 1.71. The van der Waals surface area contributed by atoms with E-state index < -0.39 is 0 Å². The maximum Gasteiger partial charge on any atom is 0.224 e. The molecule has 1 aliphatic rings. The van der Waals surface area contributed by atoms with Crippen molar-refractivity contribution in [3.05, 3.63) is 65.5 Å². The van der Waals surface area contributed by atoms with Crippen molar-refractivity contribution in [2.75, 3.05) is 5.75 Å². The molecule has 0 saturated heterocycles. The molecule has 2 aromatic carbocycles. The SMILES string of the molecule is O=C(Cc1ccccc1)N[C@@H]1CCSc2ccc(F)cc21. The molecule has 0 radical (unpaired) electrons. The third kappa shape index (κ3) is 3.45. The lowest BCUT2D eigenvalue weighted by molar-refractivity contribution is -0.121. The molecule has 0 aliphatic carbocycles. The van der Waals surface area contributed by atoms with Crippen LogP contribution >= 0.6 is 11.8 Å². The van der Waals surface area contributed by atoms with Crippen LogP contribution in [-0.2, 0) is 11.2 Å². The zero-order valence-electron chi connectivity index (χ0n) is 11.5. The van der Waals surface area contributed by atoms with Crippen LogP contribution in [-0.4, -0.2) is 11.7 Å². The second kappa shape index (κ2) is 6.31. The third-order valence-corrected chi connectivity index (χ3v) is 4.68. The Kier molecular flexibility index (Phi) is 4.25. The zero-order valence-corrected chi connectivity index (χ0v) is 12.3. The molecule has 0 fully saturated rings. The van der Waals surface area contributed by atoms with Gasteiger partial charge in [0, 0.05) is 10.6 Å². The molecule has 1 heterocycles. The van der Waals surface area contributed by atoms with Gasteiger partial charge < -0.3 is 5.32 Å². The number of thioether (sulfide) groups is 1. The molecule has 0 spiro atoms. The standard InChI is InChI=1S/C17H16FNOS/c18-13-6-7-16-14(11-13)15(8-9-21-16)19-17(20)10-12-4-2-1-3-5-12/h1-7,11,15H,8-10H2,(H,19,20)/t15-/m1/s1. The monoisotopic (exact) mass is 301 g/mol. The number of hydrogen-bond donors (Lipinski definition) is 1. The number of fused-ring (bicyclic) bond motifs is 1. The topological polar surface area (TPSA) is 29.1 Å². The second-order valence-electron chi connectivity index (χ2n) is 5.10. The van der Waals surface area contributed by atoms with Gasteiger partial charge >= 0.3 is 0 Å². The van der Waals surface area contributed by atoms with Gasteiger partial charge in [0.15, 0.2) is 0 Å². The van der Waals surface area contributed by atoms with E-state index >= 15 is 0 Å². The number of nitrogens with one attached hydrogen (secondary N) is 1. The van der Waals surface area contributed by atoms with E-state index in [-0.39, 0.29) is 17.8 Å². The molecular formula is C17H16FNOS. The number of benzene rings is 2. The molecule has 21 heavy (non-hydrogen) atoms. The molecule has 0 saturated carbocycles. The summed E-state index contributed by atoms with van der Waals surface area (Å²) in [5.74, 6) is 0.668. The molecular weight excluding hydrogens is 285 g/mol. The summed E-state index contributed by atoms with van der Waals surface area (Å²) in [4.78, 5) is 13.2. The summed E-state index contributed by atoms with van der Waals surface area (Å²) in [6, 6.07) is 14.4. The molecule has 1 N–H and O–H groups in total. The quantitative estimate of drug-likeness (QED) is 0.936. The van der Waals surface area contributed by atoms with Gasteiger partial charge in [0.1, 0.15) is 5.82 Å². The molecule has 0 unspecified atom stereocenters. The number of halogens is 1. The van der Waals surface area contributed by atoms with Crippen molar-refractivity contribution in [3.63, 3.8) is 0 Å². The molecule has 0 aromatic heterocycles. The van der Waals surface area contributed by atoms with Crippen molar-refractivity contribution in [1.82, 2.24) is 5.32 Å². The predicted molar refractivity (Wildman–Crippen MR) is 82.8 cm³/mol. The van der Waals surface area contributed by atoms with Crippen molar-refractivity contribution in [3.8, 4) is 0 Å². The number of amides is 1. The largest absolute Gasteiger partial charge is 0.349 e. The van der Waals surface area contributed by atoms with Gasteiger partial charge in [0.2, 0.25) is 5.91 Å². The van der Waals surface area contributed by atoms with E-state index in [1.165, 1.54) is 12.1 Å². The molecule has 1 aliphatic heterocycles. The van der Waals surface area contributed by atoms with E-state index in [2.05, 4.69) is 5.32 Å². The number of carbonyl (C=O) groups excluding carboxylic acids is 1. The summed E-state index contributed by atoms with van der Waals surface area (Å²) >= 11 is 1.71. The van der Waals surface area contributed by atoms with Gasteiger partial charge in [-0.15, -0.1) is 11.8 Å². The molecule has 0 bridgehead atoms. The summed E-state index contributed by atoms with van der Waals surface area (Å²) in [6.45, 7) is 0. The Morgan fingerprint density at radius 1 is 1.24 bits per heavy atom. The first kappa shape index (κ1) is 14.1. The van der Waals surface area contributed by atoms with Gasteiger partial charge in [-0.1, -0.05) is 30.3 Å². The summed E-state index contributed by atoms with van der Waals surface area (Å²) in [7, 11) is 0. The van der Waals surface area contributed by atoms with Crippen LogP contribution in [0.1, 0.15) is 23.6 Å². The summed E-state index contributed by atoms with van der Waals surface area (Å²) in [5.41, 5.74) is 1.88. The van der Waals surface area contributed by atoms with E-state index in [4.69, 9.17) is 0 Å². The fourth-order valence-corrected chi connectivity index (χ4v) is 3.65. The van der Waals surface area contributed by atoms with Gasteiger partial charge in [0.05, 0.1) is 12.5 Å². The van der Waals surface area contributed by atoms with Crippen molar-refractivity contribution in [2.45, 2.75) is 23.8 Å². The second-order valence-corrected chi connectivity index (χ2v) is 6.24. The molecule has 2 aromatic rings. The smallest absolute Gasteiger partial charge is 0.224 e. The van der Waals surface area contributed by atoms with Crippen LogP contribution in [0.15, 0.2) is 53.4 Å². The maximum absolute atomic E-state index is 13.4. The minimum atomic E-state index is -0.251. The molecule has 2 nitrogen and oxygen atoms in total. The maximum atomic E-state index is 13.4. The summed E-state index contributed by atoms with van der Waals surface area (Å²) < 4.78 is 13.4. The van der Waals surface area contributed by atoms with Gasteiger partial charge in [0.25, 0.3) is 0 Å². The number of rotatable bonds is 3. The number of hydrogen-bond acceptors (Lipinski definition) is 2. The normalized spacial score (nSPS) is 17.1. The van der Waals surface area contributed by atoms with Crippen molar-refractivity contribution < 1.29 is 9.18 Å². The Hall–Kier alpha value is -1.81. The van der Waals surface area contributed by atoms with Gasteiger partial charge in [-0.3, -0.25) is 4.79 Å². The Morgan fingerprint density at radius 3 is 2.86 bits per heavy atom. The number of carbonyl (C=O) groups is 1. The highest BCUT2D eigenvalue weighted by Crippen LogP contribution is 2.36. The Morgan fingerprint density at radius 2 is 2.05 bits per heavy atom. The molecule has 3 rings (SSSR count). The van der Waals surface area contributed by atoms with Crippen LogP contribution in [0.5, 0.6) is 0 Å². The lowest BCUT2D eigenvalue weighted by atomic mass is 10.0. The lowest BCUT2D eigenvalue weighted by Gasteiger charge is -2.26. The first-order valence-corrected chi connectivity index (χ1v) is 7.96. The van der Waals surface area contributed by atoms with Crippen molar-refractivity contribution in [2.24, 2.45) is 0 Å². The average molecular weight is 301 g/mol. The van der Waals surface area contributed by atoms with E-state index in [0.717, 1.165) is 28.2 Å². The highest BCUT2D eigenvalue weighted by molar-refractivity contribution is 7.99. The van der Waals surface area contributed by atoms with Crippen LogP contribution in [0, 0.1) is 5.82 Å². The summed E-state index contributed by atoms with van der Waals surface area (Å²) in [6.07, 6.45) is 1.19. The molecule has 1 atom stereocenters. The molecule has 1 amide bonds. The van der Waals surface area contributed by atoms with E-state index in [0.29, 0.717) is 6.42 Å². The highest BCUT2D eigenvalue weighted by atomic mass is 32.2. The minimum absolute atomic E-state index is 0.0201. The van der Waals surface area contributed by atoms with Crippen LogP contribution in [0.25, 0.3) is 0 Å². The van der Waals surface area contributed by atoms with E-state index in [9.17, 15) is 9.18 Å². The van der Waals surface area contributed by atoms with Crippen LogP contribution in [0.4, 0.5) is 4.39 Å².